The van der Waals surface area contributed by atoms with Crippen LogP contribution in [-0.4, -0.2) is 71.8 Å². The number of ketones is 6. The van der Waals surface area contributed by atoms with Crippen molar-refractivity contribution in [1.29, 1.82) is 0 Å². The first-order chi connectivity index (χ1) is 16.6. The van der Waals surface area contributed by atoms with Crippen LogP contribution < -0.4 is 0 Å². The molecule has 236 valence electrons. The summed E-state index contributed by atoms with van der Waals surface area (Å²) in [5.41, 5.74) is 0. The zero-order valence-corrected chi connectivity index (χ0v) is 18.8. The van der Waals surface area contributed by atoms with E-state index in [0.717, 1.165) is 0 Å². The molecule has 0 aromatic rings. The monoisotopic (exact) mass is 680 g/mol. The van der Waals surface area contributed by atoms with Gasteiger partial charge in [0.15, 0.2) is 0 Å². The molecule has 0 aliphatic rings. The van der Waals surface area contributed by atoms with Crippen LogP contribution in [0.4, 0.5) is 79.0 Å². The molecule has 0 heterocycles. The van der Waals surface area contributed by atoms with Gasteiger partial charge in [-0.25, -0.2) is 0 Å². The largest absolute Gasteiger partial charge is 0.450 e. The normalized spacial score (nSPS) is 12.4. The van der Waals surface area contributed by atoms with Crippen LogP contribution in [0.15, 0.2) is 0 Å². The summed E-state index contributed by atoms with van der Waals surface area (Å²) in [6, 6.07) is 0. The quantitative estimate of drug-likeness (QED) is 0.225. The second-order valence-corrected chi connectivity index (χ2v) is 6.06. The second-order valence-electron chi connectivity index (χ2n) is 6.06. The maximum absolute atomic E-state index is 11.3. The van der Waals surface area contributed by atoms with Crippen molar-refractivity contribution in [3.8, 4) is 0 Å². The Morgan fingerprint density at radius 1 is 0.275 bits per heavy atom. The molecule has 0 saturated heterocycles. The molecule has 0 unspecified atom stereocenters. The molecule has 0 aromatic carbocycles. The van der Waals surface area contributed by atoms with Gasteiger partial charge in [-0.15, -0.1) is 0 Å². The van der Waals surface area contributed by atoms with Crippen LogP contribution in [0.3, 0.4) is 0 Å². The van der Waals surface area contributed by atoms with Gasteiger partial charge in [-0.3, -0.25) is 28.8 Å². The van der Waals surface area contributed by atoms with E-state index in [1.807, 2.05) is 0 Å². The topological polar surface area (TPSA) is 102 Å². The maximum atomic E-state index is 11.3. The number of rotatable bonds is 6. The van der Waals surface area contributed by atoms with Gasteiger partial charge in [-0.2, -0.15) is 79.0 Å². The van der Waals surface area contributed by atoms with Crippen molar-refractivity contribution >= 4 is 34.7 Å². The first-order valence-electron chi connectivity index (χ1n) is 8.25. The zero-order chi connectivity index (χ0) is 32.6. The fraction of sp³-hybridized carbons (Fsp3) is 0.600. The zero-order valence-electron chi connectivity index (χ0n) is 17.7. The van der Waals surface area contributed by atoms with Crippen LogP contribution in [-0.2, 0) is 45.8 Å². The molecule has 0 fully saturated rings. The molecule has 0 amide bonds. The molecule has 0 spiro atoms. The van der Waals surface area contributed by atoms with Crippen molar-refractivity contribution in [3.63, 3.8) is 0 Å². The molecule has 0 atom stereocenters. The summed E-state index contributed by atoms with van der Waals surface area (Å²) in [6.07, 6.45) is -39.0. The van der Waals surface area contributed by atoms with Crippen molar-refractivity contribution in [3.05, 3.63) is 0 Å². The van der Waals surface area contributed by atoms with Crippen molar-refractivity contribution in [2.45, 2.75) is 56.3 Å². The van der Waals surface area contributed by atoms with Gasteiger partial charge in [-0.1, -0.05) is 0 Å². The van der Waals surface area contributed by atoms with Crippen molar-refractivity contribution in [1.82, 2.24) is 0 Å². The van der Waals surface area contributed by atoms with Crippen LogP contribution in [0, 0.1) is 0 Å². The Kier molecular flexibility index (Phi) is 17.0. The summed E-state index contributed by atoms with van der Waals surface area (Å²) in [5.74, 6) is -16.2. The predicted octanol–water partition coefficient (Wildman–Crippen LogP) is 4.92. The average molecular weight is 680 g/mol. The second kappa shape index (κ2) is 15.3. The van der Waals surface area contributed by atoms with Crippen molar-refractivity contribution in [2.24, 2.45) is 0 Å². The number of alkyl halides is 18. The van der Waals surface area contributed by atoms with Crippen molar-refractivity contribution in [2.75, 3.05) is 0 Å². The standard InChI is InChI=1S/3C5H2F6O2.Fe/c3*6-4(7,8)2(12)1-3(13)5(9,10)11;/h3*1H2;. The molecule has 25 heteroatoms. The smallest absolute Gasteiger partial charge is 0.289 e. The van der Waals surface area contributed by atoms with Crippen LogP contribution >= 0.6 is 0 Å². The molecule has 0 aliphatic carbocycles. The van der Waals surface area contributed by atoms with Crippen LogP contribution in [0.25, 0.3) is 0 Å². The molecule has 0 bridgehead atoms. The third-order valence-electron chi connectivity index (χ3n) is 2.86. The van der Waals surface area contributed by atoms with E-state index in [1.54, 1.807) is 0 Å². The number of carbonyl (C=O) groups is 6. The summed E-state index contributed by atoms with van der Waals surface area (Å²) >= 11 is 0. The summed E-state index contributed by atoms with van der Waals surface area (Å²) in [6.45, 7) is 0. The van der Waals surface area contributed by atoms with Gasteiger partial charge in [0.2, 0.25) is 34.7 Å². The number of Topliss-reactive ketones (excluding diaryl/α,β-unsaturated/α-hetero) is 6. The maximum Gasteiger partial charge on any atom is 0.450 e. The Bertz CT molecular complexity index is 726. The first kappa shape index (κ1) is 44.3. The molecular weight excluding hydrogens is 674 g/mol. The Labute approximate surface area is 216 Å². The van der Waals surface area contributed by atoms with Crippen LogP contribution in [0.1, 0.15) is 19.3 Å². The summed E-state index contributed by atoms with van der Waals surface area (Å²) in [5, 5.41) is 0. The predicted molar refractivity (Wildman–Crippen MR) is 80.2 cm³/mol. The van der Waals surface area contributed by atoms with Gasteiger partial charge in [-0.05, 0) is 0 Å². The number of hydrogen-bond acceptors (Lipinski definition) is 6. The van der Waals surface area contributed by atoms with Gasteiger partial charge in [0.05, 0.1) is 19.3 Å². The van der Waals surface area contributed by atoms with Gasteiger partial charge in [0.25, 0.3) is 0 Å². The Morgan fingerprint density at radius 3 is 0.400 bits per heavy atom. The Hall–Kier alpha value is -2.72. The Balaban J connectivity index is -0.000000240. The van der Waals surface area contributed by atoms with E-state index in [4.69, 9.17) is 0 Å². The Morgan fingerprint density at radius 2 is 0.350 bits per heavy atom. The molecule has 0 rings (SSSR count). The molecular formula is C15H6F18FeO6. The van der Waals surface area contributed by atoms with E-state index >= 15 is 0 Å². The third-order valence-corrected chi connectivity index (χ3v) is 2.86. The fourth-order valence-electron chi connectivity index (χ4n) is 1.04. The van der Waals surface area contributed by atoms with E-state index in [2.05, 4.69) is 0 Å². The van der Waals surface area contributed by atoms with E-state index in [1.165, 1.54) is 0 Å². The van der Waals surface area contributed by atoms with E-state index in [0.29, 0.717) is 0 Å². The number of hydrogen-bond donors (Lipinski definition) is 0. The van der Waals surface area contributed by atoms with E-state index in [-0.39, 0.29) is 17.1 Å². The summed E-state index contributed by atoms with van der Waals surface area (Å²) < 4.78 is 204. The summed E-state index contributed by atoms with van der Waals surface area (Å²) in [7, 11) is 0. The fourth-order valence-corrected chi connectivity index (χ4v) is 1.04. The first-order valence-corrected chi connectivity index (χ1v) is 8.25. The van der Waals surface area contributed by atoms with E-state index in [9.17, 15) is 108 Å². The van der Waals surface area contributed by atoms with Gasteiger partial charge in [0.1, 0.15) is 0 Å². The SMILES string of the molecule is O=C(CC(=O)C(F)(F)F)C(F)(F)F.O=C(CC(=O)C(F)(F)F)C(F)(F)F.O=C(CC(=O)C(F)(F)F)C(F)(F)F.[Fe]. The summed E-state index contributed by atoms with van der Waals surface area (Å²) in [4.78, 5) is 59.3. The van der Waals surface area contributed by atoms with E-state index < -0.39 is 91.0 Å². The molecule has 6 nitrogen and oxygen atoms in total. The minimum absolute atomic E-state index is 0. The van der Waals surface area contributed by atoms with Gasteiger partial charge in [0, 0.05) is 17.1 Å². The number of halogens is 18. The third kappa shape index (κ3) is 20.2. The van der Waals surface area contributed by atoms with Crippen LogP contribution in [0.5, 0.6) is 0 Å². The van der Waals surface area contributed by atoms with Gasteiger partial charge < -0.3 is 0 Å². The van der Waals surface area contributed by atoms with Gasteiger partial charge >= 0.3 is 37.1 Å². The molecule has 0 N–H and O–H groups in total. The van der Waals surface area contributed by atoms with Crippen molar-refractivity contribution < 1.29 is 125 Å². The molecule has 0 aliphatic heterocycles. The average Bonchev–Trinajstić information content (AvgIpc) is 2.64. The molecule has 0 saturated carbocycles. The number of carbonyl (C=O) groups excluding carboxylic acids is 6. The molecule has 0 aromatic heterocycles. The van der Waals surface area contributed by atoms with Crippen LogP contribution in [0.2, 0.25) is 0 Å². The molecule has 0 radical (unpaired) electrons. The molecule has 40 heavy (non-hydrogen) atoms. The minimum Gasteiger partial charge on any atom is -0.289 e. The minimum atomic E-state index is -5.40.